The van der Waals surface area contributed by atoms with Crippen LogP contribution in [0.4, 0.5) is 0 Å². The lowest BCUT2D eigenvalue weighted by molar-refractivity contribution is 0.736. The van der Waals surface area contributed by atoms with Crippen LogP contribution in [0.5, 0.6) is 0 Å². The number of alkyl halides is 1. The lowest BCUT2D eigenvalue weighted by Crippen LogP contribution is -2.15. The van der Waals surface area contributed by atoms with Crippen LogP contribution in [0.25, 0.3) is 0 Å². The SMILES string of the molecule is ICCNCc1ccncc1. The van der Waals surface area contributed by atoms with E-state index in [4.69, 9.17) is 0 Å². The molecule has 0 saturated carbocycles. The Morgan fingerprint density at radius 1 is 1.36 bits per heavy atom. The zero-order valence-corrected chi connectivity index (χ0v) is 8.41. The minimum absolute atomic E-state index is 0.950. The van der Waals surface area contributed by atoms with Gasteiger partial charge in [-0.2, -0.15) is 0 Å². The lowest BCUT2D eigenvalue weighted by Gasteiger charge is -2.00. The van der Waals surface area contributed by atoms with E-state index >= 15 is 0 Å². The Morgan fingerprint density at radius 3 is 2.73 bits per heavy atom. The van der Waals surface area contributed by atoms with Crippen LogP contribution in [-0.4, -0.2) is 16.0 Å². The van der Waals surface area contributed by atoms with Crippen molar-refractivity contribution >= 4 is 22.6 Å². The number of pyridine rings is 1. The molecule has 0 unspecified atom stereocenters. The van der Waals surface area contributed by atoms with Crippen LogP contribution < -0.4 is 5.32 Å². The van der Waals surface area contributed by atoms with Gasteiger partial charge in [-0.25, -0.2) is 0 Å². The van der Waals surface area contributed by atoms with Crippen LogP contribution in [0.2, 0.25) is 0 Å². The molecule has 0 bridgehead atoms. The highest BCUT2D eigenvalue weighted by molar-refractivity contribution is 14.1. The Balaban J connectivity index is 2.28. The molecule has 0 aromatic carbocycles. The highest BCUT2D eigenvalue weighted by Crippen LogP contribution is 1.94. The van der Waals surface area contributed by atoms with Crippen LogP contribution in [0.3, 0.4) is 0 Å². The largest absolute Gasteiger partial charge is 0.312 e. The van der Waals surface area contributed by atoms with Gasteiger partial charge in [-0.05, 0) is 17.7 Å². The molecule has 0 aliphatic rings. The third kappa shape index (κ3) is 3.67. The van der Waals surface area contributed by atoms with Gasteiger partial charge in [0.1, 0.15) is 0 Å². The quantitative estimate of drug-likeness (QED) is 0.506. The summed E-state index contributed by atoms with van der Waals surface area (Å²) >= 11 is 2.36. The van der Waals surface area contributed by atoms with Crippen molar-refractivity contribution in [1.82, 2.24) is 10.3 Å². The summed E-state index contributed by atoms with van der Waals surface area (Å²) in [5.41, 5.74) is 1.30. The summed E-state index contributed by atoms with van der Waals surface area (Å²) in [5, 5.41) is 3.32. The molecule has 1 aromatic rings. The Kier molecular flexibility index (Phi) is 4.45. The van der Waals surface area contributed by atoms with E-state index in [1.165, 1.54) is 5.56 Å². The molecular formula is C8H11IN2. The van der Waals surface area contributed by atoms with Crippen molar-refractivity contribution in [2.45, 2.75) is 6.54 Å². The maximum absolute atomic E-state index is 3.94. The van der Waals surface area contributed by atoms with E-state index in [-0.39, 0.29) is 0 Å². The minimum atomic E-state index is 0.950. The molecule has 0 aliphatic carbocycles. The molecule has 1 heterocycles. The van der Waals surface area contributed by atoms with Crippen molar-refractivity contribution in [3.63, 3.8) is 0 Å². The van der Waals surface area contributed by atoms with Crippen molar-refractivity contribution in [2.24, 2.45) is 0 Å². The van der Waals surface area contributed by atoms with E-state index in [2.05, 4.69) is 32.9 Å². The highest BCUT2D eigenvalue weighted by Gasteiger charge is 1.88. The topological polar surface area (TPSA) is 24.9 Å². The van der Waals surface area contributed by atoms with E-state index in [0.29, 0.717) is 0 Å². The van der Waals surface area contributed by atoms with Crippen molar-refractivity contribution in [3.05, 3.63) is 30.1 Å². The van der Waals surface area contributed by atoms with Crippen molar-refractivity contribution in [2.75, 3.05) is 11.0 Å². The Morgan fingerprint density at radius 2 is 2.09 bits per heavy atom. The van der Waals surface area contributed by atoms with Gasteiger partial charge in [0.15, 0.2) is 0 Å². The average molecular weight is 262 g/mol. The second-order valence-electron chi connectivity index (χ2n) is 2.22. The molecule has 0 atom stereocenters. The highest BCUT2D eigenvalue weighted by atomic mass is 127. The molecule has 1 N–H and O–H groups in total. The van der Waals surface area contributed by atoms with E-state index in [1.807, 2.05) is 24.5 Å². The van der Waals surface area contributed by atoms with Gasteiger partial charge < -0.3 is 5.32 Å². The normalized spacial score (nSPS) is 9.91. The van der Waals surface area contributed by atoms with E-state index in [1.54, 1.807) is 0 Å². The Bertz CT molecular complexity index is 189. The molecule has 0 radical (unpaired) electrons. The van der Waals surface area contributed by atoms with Crippen molar-refractivity contribution in [3.8, 4) is 0 Å². The first-order valence-electron chi connectivity index (χ1n) is 3.59. The third-order valence-corrected chi connectivity index (χ3v) is 1.89. The number of aromatic nitrogens is 1. The summed E-state index contributed by atoms with van der Waals surface area (Å²) in [6, 6.07) is 4.06. The van der Waals surface area contributed by atoms with Gasteiger partial charge in [0.2, 0.25) is 0 Å². The summed E-state index contributed by atoms with van der Waals surface area (Å²) in [5.74, 6) is 0. The summed E-state index contributed by atoms with van der Waals surface area (Å²) in [6.07, 6.45) is 3.64. The van der Waals surface area contributed by atoms with Gasteiger partial charge in [0.25, 0.3) is 0 Å². The predicted octanol–water partition coefficient (Wildman–Crippen LogP) is 1.61. The molecule has 0 saturated heterocycles. The zero-order valence-electron chi connectivity index (χ0n) is 6.26. The molecule has 2 nitrogen and oxygen atoms in total. The van der Waals surface area contributed by atoms with Gasteiger partial charge in [-0.3, -0.25) is 4.98 Å². The predicted molar refractivity (Wildman–Crippen MR) is 54.8 cm³/mol. The van der Waals surface area contributed by atoms with Crippen LogP contribution in [0, 0.1) is 0 Å². The third-order valence-electron chi connectivity index (χ3n) is 1.35. The number of halogens is 1. The number of nitrogens with one attached hydrogen (secondary N) is 1. The smallest absolute Gasteiger partial charge is 0.0271 e. The van der Waals surface area contributed by atoms with Crippen molar-refractivity contribution < 1.29 is 0 Å². The maximum Gasteiger partial charge on any atom is 0.0271 e. The van der Waals surface area contributed by atoms with E-state index in [9.17, 15) is 0 Å². The first kappa shape index (κ1) is 8.93. The molecule has 1 rings (SSSR count). The fourth-order valence-corrected chi connectivity index (χ4v) is 1.18. The molecule has 3 heteroatoms. The summed E-state index contributed by atoms with van der Waals surface area (Å²) in [4.78, 5) is 3.94. The summed E-state index contributed by atoms with van der Waals surface area (Å²) in [6.45, 7) is 2.02. The van der Waals surface area contributed by atoms with Gasteiger partial charge in [-0.1, -0.05) is 22.6 Å². The van der Waals surface area contributed by atoms with Crippen LogP contribution in [-0.2, 0) is 6.54 Å². The first-order valence-corrected chi connectivity index (χ1v) is 5.11. The summed E-state index contributed by atoms with van der Waals surface area (Å²) < 4.78 is 1.16. The molecule has 0 spiro atoms. The first-order chi connectivity index (χ1) is 5.43. The molecule has 0 aliphatic heterocycles. The van der Waals surface area contributed by atoms with Gasteiger partial charge in [0, 0.05) is 29.9 Å². The minimum Gasteiger partial charge on any atom is -0.312 e. The van der Waals surface area contributed by atoms with Gasteiger partial charge >= 0.3 is 0 Å². The monoisotopic (exact) mass is 262 g/mol. The number of rotatable bonds is 4. The van der Waals surface area contributed by atoms with Crippen LogP contribution in [0.1, 0.15) is 5.56 Å². The molecular weight excluding hydrogens is 251 g/mol. The van der Waals surface area contributed by atoms with Crippen LogP contribution in [0.15, 0.2) is 24.5 Å². The Hall–Kier alpha value is -0.160. The zero-order chi connectivity index (χ0) is 7.94. The molecule has 1 aromatic heterocycles. The van der Waals surface area contributed by atoms with Crippen LogP contribution >= 0.6 is 22.6 Å². The fraction of sp³-hybridized carbons (Fsp3) is 0.375. The molecule has 0 amide bonds. The second kappa shape index (κ2) is 5.49. The number of hydrogen-bond acceptors (Lipinski definition) is 2. The maximum atomic E-state index is 3.94. The fourth-order valence-electron chi connectivity index (χ4n) is 0.800. The van der Waals surface area contributed by atoms with Gasteiger partial charge in [0.05, 0.1) is 0 Å². The molecule has 60 valence electrons. The average Bonchev–Trinajstić information content (AvgIpc) is 2.07. The number of hydrogen-bond donors (Lipinski definition) is 1. The summed E-state index contributed by atoms with van der Waals surface area (Å²) in [7, 11) is 0. The molecule has 0 fully saturated rings. The van der Waals surface area contributed by atoms with E-state index in [0.717, 1.165) is 17.5 Å². The standard InChI is InChI=1S/C8H11IN2/c9-3-6-11-7-8-1-4-10-5-2-8/h1-2,4-5,11H,3,6-7H2. The van der Waals surface area contributed by atoms with Crippen molar-refractivity contribution in [1.29, 1.82) is 0 Å². The van der Waals surface area contributed by atoms with E-state index < -0.39 is 0 Å². The molecule has 11 heavy (non-hydrogen) atoms. The second-order valence-corrected chi connectivity index (χ2v) is 3.30. The van der Waals surface area contributed by atoms with Gasteiger partial charge in [-0.15, -0.1) is 0 Å². The lowest BCUT2D eigenvalue weighted by atomic mass is 10.3. The Labute approximate surface area is 80.6 Å². The number of nitrogens with zero attached hydrogens (tertiary/aromatic N) is 1.